The lowest BCUT2D eigenvalue weighted by atomic mass is 10.00. The van der Waals surface area contributed by atoms with E-state index < -0.39 is 0 Å². The number of carbonyl (C=O) groups excluding carboxylic acids is 2. The second-order valence-corrected chi connectivity index (χ2v) is 3.98. The monoisotopic (exact) mass is 213 g/mol. The van der Waals surface area contributed by atoms with Gasteiger partial charge in [-0.3, -0.25) is 4.79 Å². The molecule has 0 radical (unpaired) electrons. The fourth-order valence-electron chi connectivity index (χ4n) is 1.60. The van der Waals surface area contributed by atoms with E-state index in [9.17, 15) is 9.59 Å². The number of carbonyl (C=O) groups is 2. The Morgan fingerprint density at radius 3 is 2.80 bits per heavy atom. The van der Waals surface area contributed by atoms with Gasteiger partial charge >= 0.3 is 6.03 Å². The lowest BCUT2D eigenvalue weighted by Crippen LogP contribution is -2.43. The average Bonchev–Trinajstić information content (AvgIpc) is 2.25. The summed E-state index contributed by atoms with van der Waals surface area (Å²) in [6.07, 6.45) is 2.32. The summed E-state index contributed by atoms with van der Waals surface area (Å²) in [4.78, 5) is 21.8. The van der Waals surface area contributed by atoms with Crippen LogP contribution in [-0.4, -0.2) is 38.0 Å². The quantitative estimate of drug-likeness (QED) is 0.609. The molecule has 1 aliphatic rings. The second kappa shape index (κ2) is 6.40. The standard InChI is InChI=1S/C10H19N3O2/c1-8(14)5-12-10(15)13-7-9-3-2-4-11-6-9/h9,11H,2-7H2,1H3,(H2,12,13,15). The number of amides is 2. The molecule has 1 aliphatic heterocycles. The zero-order valence-corrected chi connectivity index (χ0v) is 9.14. The first-order valence-corrected chi connectivity index (χ1v) is 5.40. The molecule has 86 valence electrons. The minimum Gasteiger partial charge on any atom is -0.338 e. The number of hydrogen-bond donors (Lipinski definition) is 3. The van der Waals surface area contributed by atoms with Crippen molar-refractivity contribution >= 4 is 11.8 Å². The number of ketones is 1. The first kappa shape index (κ1) is 12.0. The first-order valence-electron chi connectivity index (χ1n) is 5.40. The minimum absolute atomic E-state index is 0.0375. The summed E-state index contributed by atoms with van der Waals surface area (Å²) in [6, 6.07) is -0.254. The molecule has 5 heteroatoms. The van der Waals surface area contributed by atoms with Gasteiger partial charge in [-0.2, -0.15) is 0 Å². The smallest absolute Gasteiger partial charge is 0.315 e. The lowest BCUT2D eigenvalue weighted by molar-refractivity contribution is -0.116. The van der Waals surface area contributed by atoms with Crippen LogP contribution in [0.25, 0.3) is 0 Å². The van der Waals surface area contributed by atoms with Crippen LogP contribution in [0.5, 0.6) is 0 Å². The van der Waals surface area contributed by atoms with E-state index in [1.165, 1.54) is 13.3 Å². The Hall–Kier alpha value is -1.10. The maximum Gasteiger partial charge on any atom is 0.315 e. The van der Waals surface area contributed by atoms with Crippen LogP contribution in [0.4, 0.5) is 4.79 Å². The van der Waals surface area contributed by atoms with E-state index in [4.69, 9.17) is 0 Å². The Labute approximate surface area is 90.0 Å². The predicted octanol–water partition coefficient (Wildman–Crippen LogP) is -0.126. The molecule has 2 amide bonds. The van der Waals surface area contributed by atoms with Crippen LogP contribution in [-0.2, 0) is 4.79 Å². The Morgan fingerprint density at radius 1 is 1.40 bits per heavy atom. The average molecular weight is 213 g/mol. The maximum atomic E-state index is 11.2. The van der Waals surface area contributed by atoms with Crippen LogP contribution in [0.2, 0.25) is 0 Å². The molecule has 1 unspecified atom stereocenters. The van der Waals surface area contributed by atoms with Gasteiger partial charge in [-0.15, -0.1) is 0 Å². The van der Waals surface area contributed by atoms with Gasteiger partial charge in [0.05, 0.1) is 6.54 Å². The van der Waals surface area contributed by atoms with Crippen molar-refractivity contribution in [3.05, 3.63) is 0 Å². The van der Waals surface area contributed by atoms with Crippen LogP contribution in [0.15, 0.2) is 0 Å². The molecule has 1 fully saturated rings. The van der Waals surface area contributed by atoms with Gasteiger partial charge in [-0.1, -0.05) is 0 Å². The molecular weight excluding hydrogens is 194 g/mol. The number of nitrogens with one attached hydrogen (secondary N) is 3. The molecule has 5 nitrogen and oxygen atoms in total. The molecule has 0 saturated carbocycles. The van der Waals surface area contributed by atoms with E-state index in [2.05, 4.69) is 16.0 Å². The number of piperidine rings is 1. The van der Waals surface area contributed by atoms with E-state index in [-0.39, 0.29) is 18.4 Å². The molecule has 15 heavy (non-hydrogen) atoms. The van der Waals surface area contributed by atoms with Crippen LogP contribution in [0.1, 0.15) is 19.8 Å². The highest BCUT2D eigenvalue weighted by Gasteiger charge is 2.13. The SMILES string of the molecule is CC(=O)CNC(=O)NCC1CCCNC1. The molecular formula is C10H19N3O2. The van der Waals surface area contributed by atoms with Crippen LogP contribution in [0.3, 0.4) is 0 Å². The van der Waals surface area contributed by atoms with E-state index in [0.29, 0.717) is 12.5 Å². The Bertz CT molecular complexity index is 225. The third-order valence-corrected chi connectivity index (χ3v) is 2.45. The van der Waals surface area contributed by atoms with E-state index in [1.54, 1.807) is 0 Å². The Kier molecular flexibility index (Phi) is 5.10. The van der Waals surface area contributed by atoms with Gasteiger partial charge in [-0.05, 0) is 38.8 Å². The summed E-state index contributed by atoms with van der Waals surface area (Å²) < 4.78 is 0. The zero-order chi connectivity index (χ0) is 11.1. The Morgan fingerprint density at radius 2 is 2.20 bits per heavy atom. The summed E-state index contributed by atoms with van der Waals surface area (Å²) in [6.45, 7) is 4.27. The number of urea groups is 1. The molecule has 0 aliphatic carbocycles. The van der Waals surface area contributed by atoms with Crippen molar-refractivity contribution in [2.45, 2.75) is 19.8 Å². The highest BCUT2D eigenvalue weighted by Crippen LogP contribution is 2.07. The second-order valence-electron chi connectivity index (χ2n) is 3.98. The number of Topliss-reactive ketones (excluding diaryl/α,β-unsaturated/α-hetero) is 1. The summed E-state index contributed by atoms with van der Waals surface area (Å²) in [7, 11) is 0. The summed E-state index contributed by atoms with van der Waals surface area (Å²) >= 11 is 0. The highest BCUT2D eigenvalue weighted by atomic mass is 16.2. The van der Waals surface area contributed by atoms with Crippen molar-refractivity contribution in [2.24, 2.45) is 5.92 Å². The van der Waals surface area contributed by atoms with Crippen LogP contribution < -0.4 is 16.0 Å². The summed E-state index contributed by atoms with van der Waals surface area (Å²) in [5, 5.41) is 8.55. The van der Waals surface area contributed by atoms with Crippen molar-refractivity contribution in [3.8, 4) is 0 Å². The van der Waals surface area contributed by atoms with Crippen LogP contribution >= 0.6 is 0 Å². The molecule has 0 aromatic rings. The Balaban J connectivity index is 2.07. The fourth-order valence-corrected chi connectivity index (χ4v) is 1.60. The molecule has 1 atom stereocenters. The largest absolute Gasteiger partial charge is 0.338 e. The highest BCUT2D eigenvalue weighted by molar-refractivity contribution is 5.83. The molecule has 0 aromatic carbocycles. The third kappa shape index (κ3) is 5.37. The van der Waals surface area contributed by atoms with Crippen molar-refractivity contribution in [3.63, 3.8) is 0 Å². The third-order valence-electron chi connectivity index (χ3n) is 2.45. The molecule has 1 rings (SSSR count). The summed E-state index contributed by atoms with van der Waals surface area (Å²) in [5.41, 5.74) is 0. The first-order chi connectivity index (χ1) is 7.18. The molecule has 1 heterocycles. The van der Waals surface area contributed by atoms with Crippen molar-refractivity contribution in [2.75, 3.05) is 26.2 Å². The number of hydrogen-bond acceptors (Lipinski definition) is 3. The maximum absolute atomic E-state index is 11.2. The lowest BCUT2D eigenvalue weighted by Gasteiger charge is -2.22. The van der Waals surface area contributed by atoms with Crippen LogP contribution in [0, 0.1) is 5.92 Å². The van der Waals surface area contributed by atoms with Gasteiger partial charge in [0.1, 0.15) is 5.78 Å². The zero-order valence-electron chi connectivity index (χ0n) is 9.14. The molecule has 0 spiro atoms. The van der Waals surface area contributed by atoms with Crippen molar-refractivity contribution in [1.82, 2.24) is 16.0 Å². The predicted molar refractivity (Wildman–Crippen MR) is 57.7 cm³/mol. The van der Waals surface area contributed by atoms with E-state index in [0.717, 1.165) is 19.5 Å². The van der Waals surface area contributed by atoms with Gasteiger partial charge in [-0.25, -0.2) is 4.79 Å². The van der Waals surface area contributed by atoms with Gasteiger partial charge in [0.25, 0.3) is 0 Å². The normalized spacial score (nSPS) is 20.7. The van der Waals surface area contributed by atoms with Gasteiger partial charge in [0, 0.05) is 6.54 Å². The van der Waals surface area contributed by atoms with Gasteiger partial charge in [0.2, 0.25) is 0 Å². The van der Waals surface area contributed by atoms with Gasteiger partial charge in [0.15, 0.2) is 0 Å². The minimum atomic E-state index is -0.254. The fraction of sp³-hybridized carbons (Fsp3) is 0.800. The number of rotatable bonds is 4. The van der Waals surface area contributed by atoms with Crippen molar-refractivity contribution in [1.29, 1.82) is 0 Å². The van der Waals surface area contributed by atoms with Gasteiger partial charge < -0.3 is 16.0 Å². The van der Waals surface area contributed by atoms with Crippen molar-refractivity contribution < 1.29 is 9.59 Å². The molecule has 1 saturated heterocycles. The van der Waals surface area contributed by atoms with E-state index >= 15 is 0 Å². The molecule has 0 aromatic heterocycles. The summed E-state index contributed by atoms with van der Waals surface area (Å²) in [5.74, 6) is 0.478. The molecule has 0 bridgehead atoms. The van der Waals surface area contributed by atoms with E-state index in [1.807, 2.05) is 0 Å². The molecule has 3 N–H and O–H groups in total. The topological polar surface area (TPSA) is 70.2 Å².